The van der Waals surface area contributed by atoms with Crippen molar-refractivity contribution in [2.24, 2.45) is 0 Å². The maximum atomic E-state index is 6.31. The minimum atomic E-state index is -0.00933. The third-order valence-electron chi connectivity index (χ3n) is 3.47. The van der Waals surface area contributed by atoms with Crippen LogP contribution in [0.2, 0.25) is 5.02 Å². The molecule has 0 radical (unpaired) electrons. The van der Waals surface area contributed by atoms with Crippen LogP contribution in [0.4, 0.5) is 5.82 Å². The van der Waals surface area contributed by atoms with Gasteiger partial charge in [-0.15, -0.1) is 0 Å². The number of ether oxygens (including phenoxy) is 1. The molecular weight excluding hydrogens is 284 g/mol. The molecule has 1 aromatic carbocycles. The summed E-state index contributed by atoms with van der Waals surface area (Å²) in [4.78, 5) is 4.76. The summed E-state index contributed by atoms with van der Waals surface area (Å²) in [5.74, 6) is 1.71. The number of anilines is 1. The van der Waals surface area contributed by atoms with Crippen LogP contribution in [0.25, 0.3) is 10.9 Å². The molecule has 0 aliphatic heterocycles. The lowest BCUT2D eigenvalue weighted by Crippen LogP contribution is -2.16. The number of benzene rings is 1. The monoisotopic (exact) mass is 306 g/mol. The Morgan fingerprint density at radius 1 is 1.29 bits per heavy atom. The van der Waals surface area contributed by atoms with Crippen LogP contribution in [-0.4, -0.2) is 18.6 Å². The molecular formula is C17H23ClN2O. The van der Waals surface area contributed by atoms with Gasteiger partial charge in [-0.05, 0) is 30.0 Å². The molecule has 0 saturated heterocycles. The molecule has 21 heavy (non-hydrogen) atoms. The van der Waals surface area contributed by atoms with Crippen molar-refractivity contribution >= 4 is 28.3 Å². The first-order chi connectivity index (χ1) is 9.88. The summed E-state index contributed by atoms with van der Waals surface area (Å²) in [5, 5.41) is 5.02. The van der Waals surface area contributed by atoms with E-state index in [0.717, 1.165) is 35.4 Å². The Bertz CT molecular complexity index is 647. The molecule has 2 rings (SSSR count). The minimum Gasteiger partial charge on any atom is -0.496 e. The number of fused-ring (bicyclic) bond motifs is 1. The molecule has 3 nitrogen and oxygen atoms in total. The number of halogens is 1. The molecule has 0 fully saturated rings. The Morgan fingerprint density at radius 3 is 2.57 bits per heavy atom. The second-order valence-electron chi connectivity index (χ2n) is 6.21. The van der Waals surface area contributed by atoms with Gasteiger partial charge in [-0.1, -0.05) is 39.3 Å². The maximum Gasteiger partial charge on any atom is 0.130 e. The Labute approximate surface area is 131 Å². The predicted molar refractivity (Wildman–Crippen MR) is 90.8 cm³/mol. The highest BCUT2D eigenvalue weighted by atomic mass is 35.5. The second-order valence-corrected chi connectivity index (χ2v) is 6.61. The fourth-order valence-electron chi connectivity index (χ4n) is 2.33. The largest absolute Gasteiger partial charge is 0.496 e. The van der Waals surface area contributed by atoms with Gasteiger partial charge < -0.3 is 10.1 Å². The molecule has 0 saturated carbocycles. The van der Waals surface area contributed by atoms with E-state index in [9.17, 15) is 0 Å². The number of aromatic nitrogens is 1. The van der Waals surface area contributed by atoms with E-state index in [-0.39, 0.29) is 5.41 Å². The van der Waals surface area contributed by atoms with E-state index < -0.39 is 0 Å². The summed E-state index contributed by atoms with van der Waals surface area (Å²) in [5.41, 5.74) is 1.94. The predicted octanol–water partition coefficient (Wildman–Crippen LogP) is 5.02. The van der Waals surface area contributed by atoms with Crippen LogP contribution >= 0.6 is 11.6 Å². The standard InChI is InChI=1S/C17H23ClN2O/c1-6-9-19-16-12(17(2,3)4)10-11-14(21-5)8-7-13(18)15(11)20-16/h7-8,10H,6,9H2,1-5H3,(H,19,20). The fraction of sp³-hybridized carbons (Fsp3) is 0.471. The average Bonchev–Trinajstić information content (AvgIpc) is 2.44. The van der Waals surface area contributed by atoms with Crippen molar-refractivity contribution in [3.63, 3.8) is 0 Å². The summed E-state index contributed by atoms with van der Waals surface area (Å²) in [6, 6.07) is 5.86. The summed E-state index contributed by atoms with van der Waals surface area (Å²) >= 11 is 6.31. The first-order valence-electron chi connectivity index (χ1n) is 7.30. The van der Waals surface area contributed by atoms with Gasteiger partial charge >= 0.3 is 0 Å². The van der Waals surface area contributed by atoms with Crippen molar-refractivity contribution in [3.8, 4) is 5.75 Å². The van der Waals surface area contributed by atoms with Crippen LogP contribution in [0.1, 0.15) is 39.7 Å². The molecule has 4 heteroatoms. The van der Waals surface area contributed by atoms with Crippen molar-refractivity contribution in [2.75, 3.05) is 19.0 Å². The molecule has 0 aliphatic carbocycles. The molecule has 0 bridgehead atoms. The van der Waals surface area contributed by atoms with Gasteiger partial charge in [-0.3, -0.25) is 0 Å². The Morgan fingerprint density at radius 2 is 2.00 bits per heavy atom. The summed E-state index contributed by atoms with van der Waals surface area (Å²) in [6.45, 7) is 9.59. The van der Waals surface area contributed by atoms with Crippen LogP contribution in [0.5, 0.6) is 5.75 Å². The van der Waals surface area contributed by atoms with E-state index in [4.69, 9.17) is 21.3 Å². The third kappa shape index (κ3) is 3.24. The average molecular weight is 307 g/mol. The summed E-state index contributed by atoms with van der Waals surface area (Å²) in [6.07, 6.45) is 1.05. The lowest BCUT2D eigenvalue weighted by molar-refractivity contribution is 0.419. The Balaban J connectivity index is 2.73. The van der Waals surface area contributed by atoms with Gasteiger partial charge in [0.15, 0.2) is 0 Å². The first-order valence-corrected chi connectivity index (χ1v) is 7.68. The number of methoxy groups -OCH3 is 1. The number of nitrogens with zero attached hydrogens (tertiary/aromatic N) is 1. The molecule has 1 N–H and O–H groups in total. The molecule has 0 unspecified atom stereocenters. The zero-order valence-electron chi connectivity index (χ0n) is 13.4. The molecule has 0 amide bonds. The van der Waals surface area contributed by atoms with Crippen LogP contribution in [-0.2, 0) is 5.41 Å². The number of rotatable bonds is 4. The number of nitrogens with one attached hydrogen (secondary N) is 1. The van der Waals surface area contributed by atoms with E-state index >= 15 is 0 Å². The highest BCUT2D eigenvalue weighted by Crippen LogP contribution is 2.37. The number of hydrogen-bond donors (Lipinski definition) is 1. The van der Waals surface area contributed by atoms with Crippen LogP contribution in [0.15, 0.2) is 18.2 Å². The highest BCUT2D eigenvalue weighted by molar-refractivity contribution is 6.35. The molecule has 1 aromatic heterocycles. The van der Waals surface area contributed by atoms with E-state index in [1.807, 2.05) is 12.1 Å². The third-order valence-corrected chi connectivity index (χ3v) is 3.77. The van der Waals surface area contributed by atoms with Gasteiger partial charge in [0.05, 0.1) is 17.6 Å². The van der Waals surface area contributed by atoms with E-state index in [1.165, 1.54) is 5.56 Å². The maximum absolute atomic E-state index is 6.31. The zero-order valence-corrected chi connectivity index (χ0v) is 14.1. The Hall–Kier alpha value is -1.48. The van der Waals surface area contributed by atoms with E-state index in [1.54, 1.807) is 7.11 Å². The highest BCUT2D eigenvalue weighted by Gasteiger charge is 2.21. The summed E-state index contributed by atoms with van der Waals surface area (Å²) in [7, 11) is 1.67. The lowest BCUT2D eigenvalue weighted by atomic mass is 9.86. The smallest absolute Gasteiger partial charge is 0.130 e. The second kappa shape index (κ2) is 6.10. The van der Waals surface area contributed by atoms with Crippen LogP contribution < -0.4 is 10.1 Å². The lowest BCUT2D eigenvalue weighted by Gasteiger charge is -2.24. The van der Waals surface area contributed by atoms with E-state index in [2.05, 4.69) is 39.1 Å². The molecule has 1 heterocycles. The van der Waals surface area contributed by atoms with Gasteiger partial charge in [-0.2, -0.15) is 0 Å². The van der Waals surface area contributed by atoms with Crippen molar-refractivity contribution in [2.45, 2.75) is 39.5 Å². The molecule has 0 spiro atoms. The van der Waals surface area contributed by atoms with Crippen molar-refractivity contribution < 1.29 is 4.74 Å². The van der Waals surface area contributed by atoms with Crippen molar-refractivity contribution in [1.82, 2.24) is 4.98 Å². The molecule has 114 valence electrons. The number of pyridine rings is 1. The van der Waals surface area contributed by atoms with Gasteiger partial charge in [0.2, 0.25) is 0 Å². The van der Waals surface area contributed by atoms with Gasteiger partial charge in [0.25, 0.3) is 0 Å². The van der Waals surface area contributed by atoms with Gasteiger partial charge in [-0.25, -0.2) is 4.98 Å². The normalized spacial score (nSPS) is 11.7. The summed E-state index contributed by atoms with van der Waals surface area (Å²) < 4.78 is 5.45. The van der Waals surface area contributed by atoms with Gasteiger partial charge in [0, 0.05) is 17.5 Å². The molecule has 2 aromatic rings. The first kappa shape index (κ1) is 15.9. The van der Waals surface area contributed by atoms with Crippen LogP contribution in [0.3, 0.4) is 0 Å². The van der Waals surface area contributed by atoms with Gasteiger partial charge in [0.1, 0.15) is 11.6 Å². The Kier molecular flexibility index (Phi) is 4.62. The quantitative estimate of drug-likeness (QED) is 0.861. The number of hydrogen-bond acceptors (Lipinski definition) is 3. The minimum absolute atomic E-state index is 0.00933. The molecule has 0 aliphatic rings. The molecule has 0 atom stereocenters. The van der Waals surface area contributed by atoms with Crippen LogP contribution in [0, 0.1) is 0 Å². The van der Waals surface area contributed by atoms with Crippen molar-refractivity contribution in [3.05, 3.63) is 28.8 Å². The SMILES string of the molecule is CCCNc1nc2c(Cl)ccc(OC)c2cc1C(C)(C)C. The topological polar surface area (TPSA) is 34.2 Å². The van der Waals surface area contributed by atoms with E-state index in [0.29, 0.717) is 5.02 Å². The van der Waals surface area contributed by atoms with Crippen molar-refractivity contribution in [1.29, 1.82) is 0 Å². The fourth-order valence-corrected chi connectivity index (χ4v) is 2.54. The zero-order chi connectivity index (χ0) is 15.6.